The van der Waals surface area contributed by atoms with Crippen LogP contribution in [0.3, 0.4) is 0 Å². The van der Waals surface area contributed by atoms with Crippen LogP contribution in [-0.2, 0) is 4.74 Å². The lowest BCUT2D eigenvalue weighted by Crippen LogP contribution is -1.83. The van der Waals surface area contributed by atoms with Crippen molar-refractivity contribution in [2.75, 3.05) is 6.61 Å². The Morgan fingerprint density at radius 1 is 2.00 bits per heavy atom. The van der Waals surface area contributed by atoms with Crippen LogP contribution in [0.15, 0.2) is 0 Å². The number of terminal acetylenes is 1. The van der Waals surface area contributed by atoms with Crippen molar-refractivity contribution in [2.45, 2.75) is 0 Å². The zero-order chi connectivity index (χ0) is 4.83. The Morgan fingerprint density at radius 2 is 2.67 bits per heavy atom. The van der Waals surface area contributed by atoms with E-state index in [-0.39, 0.29) is 6.61 Å². The number of ether oxygens (including phenoxy) is 1. The maximum atomic E-state index is 6.26. The normalized spacial score (nSPS) is 5.83. The average molecular weight is 83.1 g/mol. The zero-order valence-electron chi connectivity index (χ0n) is 3.27. The molecule has 2 nitrogen and oxygen atoms in total. The van der Waals surface area contributed by atoms with E-state index in [1.54, 1.807) is 0 Å². The van der Waals surface area contributed by atoms with Crippen LogP contribution in [0, 0.1) is 17.8 Å². The van der Waals surface area contributed by atoms with E-state index >= 15 is 0 Å². The molecule has 2 heteroatoms. The molecule has 0 saturated carbocycles. The monoisotopic (exact) mass is 83.0 g/mol. The van der Waals surface area contributed by atoms with Gasteiger partial charge in [0.05, 0.1) is 0 Å². The Labute approximate surface area is 36.6 Å². The molecule has 0 heterocycles. The van der Waals surface area contributed by atoms with Crippen molar-refractivity contribution in [3.05, 3.63) is 0 Å². The molecule has 0 aliphatic carbocycles. The molecule has 0 aliphatic rings. The molecule has 0 bridgehead atoms. The summed E-state index contributed by atoms with van der Waals surface area (Å²) < 4.78 is 4.29. The van der Waals surface area contributed by atoms with Gasteiger partial charge in [0.25, 0.3) is 0 Å². The summed E-state index contributed by atoms with van der Waals surface area (Å²) in [6.45, 7) is 0.198. The summed E-state index contributed by atoms with van der Waals surface area (Å²) >= 11 is 0. The van der Waals surface area contributed by atoms with Crippen LogP contribution in [0.5, 0.6) is 0 Å². The van der Waals surface area contributed by atoms with E-state index in [1.807, 2.05) is 0 Å². The minimum Gasteiger partial charge on any atom is -0.471 e. The summed E-state index contributed by atoms with van der Waals surface area (Å²) in [6.07, 6.45) is 5.56. The molecule has 0 aromatic rings. The molecule has 0 rings (SSSR count). The van der Waals surface area contributed by atoms with Crippen LogP contribution in [0.1, 0.15) is 0 Å². The zero-order valence-corrected chi connectivity index (χ0v) is 3.27. The Hall–Kier alpha value is -0.970. The molecule has 0 unspecified atom stereocenters. The number of rotatable bonds is 2. The van der Waals surface area contributed by atoms with Crippen molar-refractivity contribution >= 4 is 6.40 Å². The summed E-state index contributed by atoms with van der Waals surface area (Å²) in [7, 11) is 0. The second-order valence-corrected chi connectivity index (χ2v) is 0.633. The van der Waals surface area contributed by atoms with E-state index in [0.29, 0.717) is 0 Å². The highest BCUT2D eigenvalue weighted by Crippen LogP contribution is 1.57. The van der Waals surface area contributed by atoms with E-state index in [1.165, 1.54) is 0 Å². The molecular weight excluding hydrogens is 78.1 g/mol. The third-order valence-corrected chi connectivity index (χ3v) is 0.250. The molecule has 0 saturated heterocycles. The molecule has 0 spiro atoms. The van der Waals surface area contributed by atoms with E-state index < -0.39 is 0 Å². The average Bonchev–Trinajstić information content (AvgIpc) is 1.61. The van der Waals surface area contributed by atoms with Gasteiger partial charge in [0.2, 0.25) is 0 Å². The van der Waals surface area contributed by atoms with Crippen LogP contribution in [0.4, 0.5) is 0 Å². The molecule has 0 aromatic carbocycles. The molecule has 1 N–H and O–H groups in total. The van der Waals surface area contributed by atoms with Gasteiger partial charge in [0.15, 0.2) is 6.40 Å². The number of hydrogen-bond acceptors (Lipinski definition) is 2. The fraction of sp³-hybridized carbons (Fsp3) is 0.250. The van der Waals surface area contributed by atoms with Gasteiger partial charge in [-0.1, -0.05) is 5.92 Å². The molecule has 6 heavy (non-hydrogen) atoms. The molecule has 0 aromatic heterocycles. The Morgan fingerprint density at radius 3 is 2.83 bits per heavy atom. The minimum atomic E-state index is 0.198. The second-order valence-electron chi connectivity index (χ2n) is 0.633. The largest absolute Gasteiger partial charge is 0.471 e. The first-order valence-electron chi connectivity index (χ1n) is 1.46. The van der Waals surface area contributed by atoms with Crippen LogP contribution >= 0.6 is 0 Å². The van der Waals surface area contributed by atoms with Gasteiger partial charge < -0.3 is 4.74 Å². The molecule has 32 valence electrons. The van der Waals surface area contributed by atoms with E-state index in [2.05, 4.69) is 10.7 Å². The Balaban J connectivity index is 2.72. The topological polar surface area (TPSA) is 33.1 Å². The Kier molecular flexibility index (Phi) is 3.38. The van der Waals surface area contributed by atoms with Crippen molar-refractivity contribution in [2.24, 2.45) is 0 Å². The number of hydrogen-bond donors (Lipinski definition) is 1. The minimum absolute atomic E-state index is 0.198. The third kappa shape index (κ3) is 3.03. The van der Waals surface area contributed by atoms with Gasteiger partial charge in [-0.25, -0.2) is 0 Å². The van der Waals surface area contributed by atoms with Gasteiger partial charge in [-0.05, 0) is 0 Å². The maximum absolute atomic E-state index is 6.26. The highest BCUT2D eigenvalue weighted by molar-refractivity contribution is 5.41. The molecule has 0 aliphatic heterocycles. The van der Waals surface area contributed by atoms with Crippen molar-refractivity contribution in [1.82, 2.24) is 0 Å². The SMILES string of the molecule is C#CCOC=N. The van der Waals surface area contributed by atoms with Crippen molar-refractivity contribution < 1.29 is 4.74 Å². The Bertz CT molecular complexity index is 72.1. The van der Waals surface area contributed by atoms with Crippen molar-refractivity contribution in [3.8, 4) is 12.3 Å². The lowest BCUT2D eigenvalue weighted by molar-refractivity contribution is 0.373. The smallest absolute Gasteiger partial charge is 0.168 e. The standard InChI is InChI=1S/C4H5NO/c1-2-3-6-4-5/h1,4-5H,3H2. The second kappa shape index (κ2) is 4.03. The van der Waals surface area contributed by atoms with Gasteiger partial charge in [0, 0.05) is 0 Å². The summed E-state index contributed by atoms with van der Waals surface area (Å²) in [5.41, 5.74) is 0. The van der Waals surface area contributed by atoms with Crippen LogP contribution in [0.25, 0.3) is 0 Å². The third-order valence-electron chi connectivity index (χ3n) is 0.250. The van der Waals surface area contributed by atoms with Crippen LogP contribution in [-0.4, -0.2) is 13.0 Å². The summed E-state index contributed by atoms with van der Waals surface area (Å²) in [6, 6.07) is 0. The predicted molar refractivity (Wildman–Crippen MR) is 23.6 cm³/mol. The van der Waals surface area contributed by atoms with E-state index in [0.717, 1.165) is 6.40 Å². The number of nitrogens with one attached hydrogen (secondary N) is 1. The predicted octanol–water partition coefficient (Wildman–Crippen LogP) is 0.243. The molecule has 0 fully saturated rings. The first-order chi connectivity index (χ1) is 2.91. The van der Waals surface area contributed by atoms with Crippen LogP contribution in [0.2, 0.25) is 0 Å². The first kappa shape index (κ1) is 5.03. The van der Waals surface area contributed by atoms with Gasteiger partial charge >= 0.3 is 0 Å². The maximum Gasteiger partial charge on any atom is 0.168 e. The quantitative estimate of drug-likeness (QED) is 0.220. The van der Waals surface area contributed by atoms with E-state index in [4.69, 9.17) is 11.8 Å². The molecular formula is C4H5NO. The van der Waals surface area contributed by atoms with Crippen molar-refractivity contribution in [1.29, 1.82) is 5.41 Å². The lowest BCUT2D eigenvalue weighted by Gasteiger charge is -1.82. The van der Waals surface area contributed by atoms with Gasteiger partial charge in [-0.2, -0.15) is 0 Å². The van der Waals surface area contributed by atoms with Crippen LogP contribution < -0.4 is 0 Å². The highest BCUT2D eigenvalue weighted by Gasteiger charge is 1.62. The summed E-state index contributed by atoms with van der Waals surface area (Å²) in [4.78, 5) is 0. The molecule has 0 amide bonds. The lowest BCUT2D eigenvalue weighted by atomic mass is 10.8. The first-order valence-corrected chi connectivity index (χ1v) is 1.46. The summed E-state index contributed by atoms with van der Waals surface area (Å²) in [5, 5.41) is 6.26. The van der Waals surface area contributed by atoms with Gasteiger partial charge in [-0.15, -0.1) is 6.42 Å². The molecule has 0 radical (unpaired) electrons. The van der Waals surface area contributed by atoms with Gasteiger partial charge in [0.1, 0.15) is 6.61 Å². The van der Waals surface area contributed by atoms with Gasteiger partial charge in [-0.3, -0.25) is 5.41 Å². The van der Waals surface area contributed by atoms with Crippen molar-refractivity contribution in [3.63, 3.8) is 0 Å². The molecule has 0 atom stereocenters. The fourth-order valence-corrected chi connectivity index (χ4v) is 0.0898. The fourth-order valence-electron chi connectivity index (χ4n) is 0.0898. The summed E-state index contributed by atoms with van der Waals surface area (Å²) in [5.74, 6) is 2.20. The van der Waals surface area contributed by atoms with E-state index in [9.17, 15) is 0 Å². The highest BCUT2D eigenvalue weighted by atomic mass is 16.5.